The summed E-state index contributed by atoms with van der Waals surface area (Å²) in [6, 6.07) is 0. The number of carbonyl (C=O) groups is 3. The molecule has 16 nitrogen and oxygen atoms in total. The summed E-state index contributed by atoms with van der Waals surface area (Å²) < 4.78 is 61.0. The fourth-order valence-electron chi connectivity index (χ4n) is 10.3. The molecule has 0 aliphatic rings. The first kappa shape index (κ1) is 94.9. The number of carbonyl (C=O) groups excluding carboxylic acids is 3. The molecule has 0 aromatic heterocycles. The summed E-state index contributed by atoms with van der Waals surface area (Å²) in [6.45, 7) is 2.40. The van der Waals surface area contributed by atoms with E-state index in [1.165, 1.54) is 109 Å². The van der Waals surface area contributed by atoms with Crippen molar-refractivity contribution in [3.8, 4) is 0 Å². The largest absolute Gasteiger partial charge is 0.472 e. The van der Waals surface area contributed by atoms with Crippen LogP contribution in [-0.4, -0.2) is 95.9 Å². The zero-order chi connectivity index (χ0) is 72.3. The van der Waals surface area contributed by atoms with E-state index in [2.05, 4.69) is 142 Å². The van der Waals surface area contributed by atoms with Gasteiger partial charge in [0.15, 0.2) is 6.10 Å². The molecule has 0 aliphatic heterocycles. The molecule has 0 bridgehead atoms. The average molecular weight is 1430 g/mol. The van der Waals surface area contributed by atoms with Gasteiger partial charge in [-0.2, -0.15) is 0 Å². The molecule has 4 N–H and O–H groups in total. The smallest absolute Gasteiger partial charge is 0.463 e. The van der Waals surface area contributed by atoms with Crippen molar-refractivity contribution >= 4 is 33.6 Å². The van der Waals surface area contributed by atoms with E-state index >= 15 is 0 Å². The minimum Gasteiger partial charge on any atom is -0.463 e. The predicted molar refractivity (Wildman–Crippen MR) is 408 cm³/mol. The quantitative estimate of drug-likeness (QED) is 0.0146. The van der Waals surface area contributed by atoms with Gasteiger partial charge >= 0.3 is 33.6 Å². The summed E-state index contributed by atoms with van der Waals surface area (Å²) in [7, 11) is -9.79. The maximum absolute atomic E-state index is 12.9. The van der Waals surface area contributed by atoms with Crippen molar-refractivity contribution in [1.29, 1.82) is 0 Å². The number of hydrogen-bond donors (Lipinski definition) is 4. The summed E-state index contributed by atoms with van der Waals surface area (Å²) in [5.41, 5.74) is 0. The molecule has 0 heterocycles. The molecule has 0 spiro atoms. The summed E-state index contributed by atoms with van der Waals surface area (Å²) in [5, 5.41) is 20.6. The van der Waals surface area contributed by atoms with Crippen LogP contribution in [0.4, 0.5) is 0 Å². The second-order valence-corrected chi connectivity index (χ2v) is 28.7. The van der Waals surface area contributed by atoms with E-state index in [0.717, 1.165) is 148 Å². The molecule has 0 saturated carbocycles. The molecule has 5 atom stereocenters. The van der Waals surface area contributed by atoms with Crippen LogP contribution in [-0.2, 0) is 55.8 Å². The highest BCUT2D eigenvalue weighted by molar-refractivity contribution is 7.47. The fourth-order valence-corrected chi connectivity index (χ4v) is 11.9. The zero-order valence-electron chi connectivity index (χ0n) is 62.1. The van der Waals surface area contributed by atoms with Crippen molar-refractivity contribution in [3.05, 3.63) is 122 Å². The maximum atomic E-state index is 12.9. The van der Waals surface area contributed by atoms with Gasteiger partial charge in [-0.15, -0.1) is 0 Å². The van der Waals surface area contributed by atoms with Crippen LogP contribution in [0.1, 0.15) is 316 Å². The third kappa shape index (κ3) is 74.9. The number of phosphoric ester groups is 2. The Morgan fingerprint density at radius 2 is 0.535 bits per heavy atom. The van der Waals surface area contributed by atoms with Crippen LogP contribution in [0.2, 0.25) is 0 Å². The number of esters is 3. The Hall–Kier alpha value is -4.05. The van der Waals surface area contributed by atoms with E-state index in [-0.39, 0.29) is 19.3 Å². The first-order chi connectivity index (χ1) is 48.2. The molecule has 570 valence electrons. The van der Waals surface area contributed by atoms with Gasteiger partial charge in [-0.3, -0.25) is 32.5 Å². The van der Waals surface area contributed by atoms with Crippen LogP contribution in [0.5, 0.6) is 0 Å². The van der Waals surface area contributed by atoms with Gasteiger partial charge in [-0.1, -0.05) is 290 Å². The normalized spacial score (nSPS) is 14.7. The maximum Gasteiger partial charge on any atom is 0.472 e. The second-order valence-electron chi connectivity index (χ2n) is 25.7. The standard InChI is InChI=1S/C81H140O16P2/c1-4-7-10-13-16-19-22-25-28-29-30-31-32-33-34-35-36-37-38-39-40-41-42-43-44-45-48-50-52-55-58-61-64-67-79(84)91-70-76(82)71-93-98(87,88)94-72-77(83)73-95-99(89,90)96-75-78(97-81(86)69-66-63-60-57-54-51-47-27-24-21-18-15-12-9-6-3)74-92-80(85)68-65-62-59-56-53-49-46-26-23-20-17-14-11-8-5-2/h7-8,10-11,16-21,25-28,30-31,33-34,46-47,76-78,82-83H,4-6,9,12-15,22-24,29,32,35-45,48-75H2,1-3H3,(H,87,88)(H,89,90)/b10-7-,11-8-,19-16-,20-17-,21-18-,28-25-,31-30-,34-33-,46-26-,47-27-. The second kappa shape index (κ2) is 73.7. The van der Waals surface area contributed by atoms with Gasteiger partial charge < -0.3 is 34.2 Å². The zero-order valence-corrected chi connectivity index (χ0v) is 63.9. The van der Waals surface area contributed by atoms with Gasteiger partial charge in [0.05, 0.1) is 26.4 Å². The Bertz CT molecular complexity index is 2290. The lowest BCUT2D eigenvalue weighted by molar-refractivity contribution is -0.161. The molecule has 0 amide bonds. The lowest BCUT2D eigenvalue weighted by Crippen LogP contribution is -2.30. The minimum absolute atomic E-state index is 0.0837. The minimum atomic E-state index is -4.93. The molecule has 99 heavy (non-hydrogen) atoms. The Morgan fingerprint density at radius 1 is 0.293 bits per heavy atom. The van der Waals surface area contributed by atoms with Crippen molar-refractivity contribution in [2.45, 2.75) is 334 Å². The van der Waals surface area contributed by atoms with Crippen molar-refractivity contribution < 1.29 is 75.8 Å². The molecule has 0 fully saturated rings. The highest BCUT2D eigenvalue weighted by atomic mass is 31.2. The highest BCUT2D eigenvalue weighted by Crippen LogP contribution is 2.45. The number of aliphatic hydroxyl groups excluding tert-OH is 2. The molecule has 5 unspecified atom stereocenters. The Morgan fingerprint density at radius 3 is 0.848 bits per heavy atom. The number of phosphoric acid groups is 2. The van der Waals surface area contributed by atoms with Crippen LogP contribution in [0.15, 0.2) is 122 Å². The number of rotatable bonds is 73. The number of ether oxygens (including phenoxy) is 3. The fraction of sp³-hybridized carbons (Fsp3) is 0.716. The van der Waals surface area contributed by atoms with Gasteiger partial charge in [0.25, 0.3) is 0 Å². The Labute approximate surface area is 602 Å². The molecule has 0 radical (unpaired) electrons. The Balaban J connectivity index is 4.40. The van der Waals surface area contributed by atoms with Crippen molar-refractivity contribution in [2.24, 2.45) is 0 Å². The van der Waals surface area contributed by atoms with E-state index in [0.29, 0.717) is 19.3 Å². The molecule has 0 saturated heterocycles. The van der Waals surface area contributed by atoms with E-state index in [9.17, 15) is 43.5 Å². The summed E-state index contributed by atoms with van der Waals surface area (Å²) in [6.07, 6.45) is 87.0. The number of hydrogen-bond acceptors (Lipinski definition) is 14. The first-order valence-electron chi connectivity index (χ1n) is 38.8. The molecular weight excluding hydrogens is 1290 g/mol. The molecule has 0 aromatic carbocycles. The lowest BCUT2D eigenvalue weighted by atomic mass is 10.0. The molecule has 0 rings (SSSR count). The van der Waals surface area contributed by atoms with Gasteiger partial charge in [0.1, 0.15) is 25.4 Å². The van der Waals surface area contributed by atoms with Gasteiger partial charge in [-0.05, 0) is 128 Å². The number of unbranched alkanes of at least 4 members (excludes halogenated alkanes) is 30. The van der Waals surface area contributed by atoms with Crippen LogP contribution < -0.4 is 0 Å². The van der Waals surface area contributed by atoms with Crippen LogP contribution in [0.3, 0.4) is 0 Å². The van der Waals surface area contributed by atoms with Gasteiger partial charge in [0.2, 0.25) is 0 Å². The SMILES string of the molecule is CC/C=C\C/C=C\C/C=C\C/C=C\C/C=C\CCCCCCCCCCCCCCCCCCCC(=O)OCC(O)COP(=O)(O)OCC(O)COP(=O)(O)OCC(COC(=O)CCCCCCC/C=C\C/C=C\C/C=C\CC)OC(=O)CCCCCCC/C=C\C/C=C\CCCCC. The highest BCUT2D eigenvalue weighted by Gasteiger charge is 2.29. The third-order valence-electron chi connectivity index (χ3n) is 16.2. The number of aliphatic hydroxyl groups is 2. The summed E-state index contributed by atoms with van der Waals surface area (Å²) in [5.74, 6) is -1.61. The molecule has 0 aromatic rings. The van der Waals surface area contributed by atoms with Crippen molar-refractivity contribution in [2.75, 3.05) is 39.6 Å². The van der Waals surface area contributed by atoms with Crippen molar-refractivity contribution in [1.82, 2.24) is 0 Å². The third-order valence-corrected chi connectivity index (χ3v) is 18.1. The van der Waals surface area contributed by atoms with Crippen molar-refractivity contribution in [3.63, 3.8) is 0 Å². The van der Waals surface area contributed by atoms with Gasteiger partial charge in [-0.25, -0.2) is 9.13 Å². The summed E-state index contributed by atoms with van der Waals surface area (Å²) >= 11 is 0. The van der Waals surface area contributed by atoms with Crippen LogP contribution in [0.25, 0.3) is 0 Å². The molecule has 18 heteroatoms. The number of allylic oxidation sites excluding steroid dienone is 20. The van der Waals surface area contributed by atoms with E-state index < -0.39 is 91.5 Å². The van der Waals surface area contributed by atoms with E-state index in [1.807, 2.05) is 0 Å². The van der Waals surface area contributed by atoms with Gasteiger partial charge in [0, 0.05) is 19.3 Å². The van der Waals surface area contributed by atoms with E-state index in [4.69, 9.17) is 32.3 Å². The van der Waals surface area contributed by atoms with Crippen LogP contribution >= 0.6 is 15.6 Å². The first-order valence-corrected chi connectivity index (χ1v) is 41.8. The molecular formula is C81H140O16P2. The average Bonchev–Trinajstić information content (AvgIpc) is 1.43. The lowest BCUT2D eigenvalue weighted by Gasteiger charge is -2.21. The molecule has 0 aliphatic carbocycles. The van der Waals surface area contributed by atoms with Crippen LogP contribution in [0, 0.1) is 0 Å². The van der Waals surface area contributed by atoms with E-state index in [1.54, 1.807) is 0 Å². The predicted octanol–water partition coefficient (Wildman–Crippen LogP) is 22.5. The summed E-state index contributed by atoms with van der Waals surface area (Å²) in [4.78, 5) is 58.5. The monoisotopic (exact) mass is 1430 g/mol. The topological polar surface area (TPSA) is 231 Å². The Kier molecular flexibility index (Phi) is 70.7.